The molecule has 3 nitrogen and oxygen atoms in total. The minimum atomic E-state index is -0.240. The van der Waals surface area contributed by atoms with Gasteiger partial charge in [-0.25, -0.2) is 4.98 Å². The Morgan fingerprint density at radius 3 is 3.00 bits per heavy atom. The smallest absolute Gasteiger partial charge is 0.0959 e. The molecule has 0 aliphatic heterocycles. The number of aliphatic hydroxyl groups is 1. The van der Waals surface area contributed by atoms with Crippen LogP contribution in [0.5, 0.6) is 0 Å². The van der Waals surface area contributed by atoms with Crippen molar-refractivity contribution in [2.75, 3.05) is 6.54 Å². The molecule has 2 rings (SSSR count). The van der Waals surface area contributed by atoms with Crippen molar-refractivity contribution < 1.29 is 5.11 Å². The minimum absolute atomic E-state index is 0.240. The number of nitrogens with zero attached hydrogens (tertiary/aromatic N) is 1. The molecule has 0 bridgehead atoms. The van der Waals surface area contributed by atoms with Gasteiger partial charge in [0.15, 0.2) is 0 Å². The highest BCUT2D eigenvalue weighted by atomic mass is 32.1. The third-order valence-electron chi connectivity index (χ3n) is 3.45. The molecule has 4 heteroatoms. The van der Waals surface area contributed by atoms with Crippen LogP contribution in [-0.2, 0) is 6.54 Å². The second-order valence-corrected chi connectivity index (χ2v) is 6.17. The van der Waals surface area contributed by atoms with Crippen molar-refractivity contribution in [3.05, 3.63) is 16.1 Å². The Bertz CT molecular complexity index is 349. The highest BCUT2D eigenvalue weighted by Gasteiger charge is 2.26. The third kappa shape index (κ3) is 3.76. The largest absolute Gasteiger partial charge is 0.392 e. The first kappa shape index (κ1) is 13.0. The van der Waals surface area contributed by atoms with Crippen molar-refractivity contribution in [3.8, 4) is 0 Å². The number of aromatic nitrogens is 1. The Morgan fingerprint density at radius 2 is 2.35 bits per heavy atom. The van der Waals surface area contributed by atoms with Gasteiger partial charge in [0.05, 0.1) is 11.1 Å². The molecule has 17 heavy (non-hydrogen) atoms. The van der Waals surface area contributed by atoms with Crippen LogP contribution >= 0.6 is 11.3 Å². The Hall–Kier alpha value is -0.450. The lowest BCUT2D eigenvalue weighted by atomic mass is 10.0. The highest BCUT2D eigenvalue weighted by molar-refractivity contribution is 7.11. The molecule has 2 atom stereocenters. The summed E-state index contributed by atoms with van der Waals surface area (Å²) in [4.78, 5) is 5.72. The Labute approximate surface area is 107 Å². The topological polar surface area (TPSA) is 45.1 Å². The summed E-state index contributed by atoms with van der Waals surface area (Å²) in [5, 5.41) is 14.4. The molecule has 2 N–H and O–H groups in total. The first-order valence-corrected chi connectivity index (χ1v) is 7.35. The average molecular weight is 254 g/mol. The SMILES string of the molecule is CCC(C)C(O)CNCc1cnc(C2CC2)s1. The van der Waals surface area contributed by atoms with Crippen molar-refractivity contribution in [1.29, 1.82) is 0 Å². The molecule has 0 spiro atoms. The van der Waals surface area contributed by atoms with E-state index in [9.17, 15) is 5.11 Å². The van der Waals surface area contributed by atoms with Crippen LogP contribution in [0.25, 0.3) is 0 Å². The minimum Gasteiger partial charge on any atom is -0.392 e. The van der Waals surface area contributed by atoms with E-state index >= 15 is 0 Å². The Morgan fingerprint density at radius 1 is 1.59 bits per heavy atom. The molecule has 1 aromatic rings. The molecule has 1 heterocycles. The van der Waals surface area contributed by atoms with E-state index in [1.165, 1.54) is 22.7 Å². The highest BCUT2D eigenvalue weighted by Crippen LogP contribution is 2.41. The van der Waals surface area contributed by atoms with Crippen LogP contribution in [0.3, 0.4) is 0 Å². The number of hydrogen-bond acceptors (Lipinski definition) is 4. The standard InChI is InChI=1S/C13H22N2OS/c1-3-9(2)12(16)8-14-6-11-7-15-13(17-11)10-4-5-10/h7,9-10,12,14,16H,3-6,8H2,1-2H3. The van der Waals surface area contributed by atoms with E-state index < -0.39 is 0 Å². The number of nitrogens with one attached hydrogen (secondary N) is 1. The molecule has 2 unspecified atom stereocenters. The molecule has 0 aromatic carbocycles. The number of thiazole rings is 1. The second-order valence-electron chi connectivity index (χ2n) is 5.02. The number of rotatable bonds is 7. The quantitative estimate of drug-likeness (QED) is 0.786. The summed E-state index contributed by atoms with van der Waals surface area (Å²) in [6.45, 7) is 5.70. The maximum atomic E-state index is 9.82. The molecule has 0 amide bonds. The van der Waals surface area contributed by atoms with Crippen molar-refractivity contribution >= 4 is 11.3 Å². The molecule has 1 aromatic heterocycles. The average Bonchev–Trinajstić information content (AvgIpc) is 3.08. The molecule has 1 fully saturated rings. The maximum Gasteiger partial charge on any atom is 0.0959 e. The summed E-state index contributed by atoms with van der Waals surface area (Å²) in [6.07, 6.45) is 5.38. The predicted octanol–water partition coefficient (Wildman–Crippen LogP) is 2.52. The zero-order valence-corrected chi connectivity index (χ0v) is 11.5. The van der Waals surface area contributed by atoms with Crippen molar-refractivity contribution in [1.82, 2.24) is 10.3 Å². The van der Waals surface area contributed by atoms with Crippen LogP contribution in [0, 0.1) is 5.92 Å². The van der Waals surface area contributed by atoms with Crippen molar-refractivity contribution in [3.63, 3.8) is 0 Å². The lowest BCUT2D eigenvalue weighted by molar-refractivity contribution is 0.113. The number of hydrogen-bond donors (Lipinski definition) is 2. The molecule has 1 aliphatic carbocycles. The van der Waals surface area contributed by atoms with Gasteiger partial charge in [-0.05, 0) is 18.8 Å². The zero-order valence-electron chi connectivity index (χ0n) is 10.6. The van der Waals surface area contributed by atoms with E-state index in [1.807, 2.05) is 17.5 Å². The normalized spacial score (nSPS) is 19.2. The summed E-state index contributed by atoms with van der Waals surface area (Å²) in [5.41, 5.74) is 0. The fraction of sp³-hybridized carbons (Fsp3) is 0.769. The summed E-state index contributed by atoms with van der Waals surface area (Å²) < 4.78 is 0. The van der Waals surface area contributed by atoms with Crippen LogP contribution in [0.4, 0.5) is 0 Å². The van der Waals surface area contributed by atoms with Gasteiger partial charge in [0.1, 0.15) is 0 Å². The van der Waals surface area contributed by atoms with Gasteiger partial charge in [0.2, 0.25) is 0 Å². The second kappa shape index (κ2) is 5.94. The molecule has 1 saturated carbocycles. The van der Waals surface area contributed by atoms with Gasteiger partial charge in [0.25, 0.3) is 0 Å². The van der Waals surface area contributed by atoms with E-state index in [2.05, 4.69) is 24.1 Å². The van der Waals surface area contributed by atoms with Crippen molar-refractivity contribution in [2.24, 2.45) is 5.92 Å². The van der Waals surface area contributed by atoms with E-state index in [1.54, 1.807) is 0 Å². The molecular formula is C13H22N2OS. The van der Waals surface area contributed by atoms with E-state index in [0.717, 1.165) is 18.9 Å². The fourth-order valence-corrected chi connectivity index (χ4v) is 2.80. The van der Waals surface area contributed by atoms with E-state index in [0.29, 0.717) is 12.5 Å². The van der Waals surface area contributed by atoms with E-state index in [4.69, 9.17) is 0 Å². The van der Waals surface area contributed by atoms with Crippen LogP contribution in [0.2, 0.25) is 0 Å². The van der Waals surface area contributed by atoms with Crippen LogP contribution in [-0.4, -0.2) is 22.7 Å². The molecule has 0 saturated heterocycles. The van der Waals surface area contributed by atoms with Crippen LogP contribution < -0.4 is 5.32 Å². The predicted molar refractivity (Wildman–Crippen MR) is 71.3 cm³/mol. The van der Waals surface area contributed by atoms with E-state index in [-0.39, 0.29) is 6.10 Å². The summed E-state index contributed by atoms with van der Waals surface area (Å²) >= 11 is 1.81. The van der Waals surface area contributed by atoms with Gasteiger partial charge >= 0.3 is 0 Å². The third-order valence-corrected chi connectivity index (χ3v) is 4.61. The van der Waals surface area contributed by atoms with Crippen LogP contribution in [0.15, 0.2) is 6.20 Å². The van der Waals surface area contributed by atoms with Gasteiger partial charge in [-0.3, -0.25) is 0 Å². The van der Waals surface area contributed by atoms with Gasteiger partial charge in [0, 0.05) is 30.1 Å². The Kier molecular flexibility index (Phi) is 4.54. The molecule has 1 aliphatic rings. The zero-order chi connectivity index (χ0) is 12.3. The summed E-state index contributed by atoms with van der Waals surface area (Å²) in [6, 6.07) is 0. The molecule has 96 valence electrons. The first-order chi connectivity index (χ1) is 8.20. The van der Waals surface area contributed by atoms with Crippen LogP contribution in [0.1, 0.15) is 48.9 Å². The van der Waals surface area contributed by atoms with Gasteiger partial charge in [-0.15, -0.1) is 11.3 Å². The van der Waals surface area contributed by atoms with Gasteiger partial charge in [-0.1, -0.05) is 20.3 Å². The summed E-state index contributed by atoms with van der Waals surface area (Å²) in [5.74, 6) is 1.12. The maximum absolute atomic E-state index is 9.82. The van der Waals surface area contributed by atoms with Gasteiger partial charge in [-0.2, -0.15) is 0 Å². The first-order valence-electron chi connectivity index (χ1n) is 6.54. The molecule has 0 radical (unpaired) electrons. The van der Waals surface area contributed by atoms with Gasteiger partial charge < -0.3 is 10.4 Å². The molecular weight excluding hydrogens is 232 g/mol. The number of aliphatic hydroxyl groups excluding tert-OH is 1. The Balaban J connectivity index is 1.70. The van der Waals surface area contributed by atoms with Crippen molar-refractivity contribution in [2.45, 2.75) is 51.7 Å². The lowest BCUT2D eigenvalue weighted by Crippen LogP contribution is -2.30. The lowest BCUT2D eigenvalue weighted by Gasteiger charge is -2.17. The monoisotopic (exact) mass is 254 g/mol. The fourth-order valence-electron chi connectivity index (χ4n) is 1.74. The summed E-state index contributed by atoms with van der Waals surface area (Å²) in [7, 11) is 0.